The molecule has 5 aromatic carbocycles. The van der Waals surface area contributed by atoms with Crippen molar-refractivity contribution < 1.29 is 0 Å². The van der Waals surface area contributed by atoms with Gasteiger partial charge < -0.3 is 0 Å². The van der Waals surface area contributed by atoms with Crippen molar-refractivity contribution in [1.82, 2.24) is 0 Å². The number of hydrogen-bond donors (Lipinski definition) is 0. The molecule has 0 heterocycles. The summed E-state index contributed by atoms with van der Waals surface area (Å²) >= 11 is 11.3. The molecule has 0 N–H and O–H groups in total. The minimum absolute atomic E-state index is 0. The van der Waals surface area contributed by atoms with Gasteiger partial charge in [0.2, 0.25) is 0 Å². The first-order valence-electron chi connectivity index (χ1n) is 22.6. The number of rotatable bonds is 6. The van der Waals surface area contributed by atoms with Crippen molar-refractivity contribution in [2.75, 3.05) is 0 Å². The first-order chi connectivity index (χ1) is 37.4. The highest BCUT2D eigenvalue weighted by Gasteiger charge is 1.96. The predicted octanol–water partition coefficient (Wildman–Crippen LogP) is 15.8. The molecule has 5 aromatic rings. The second-order valence-corrected chi connectivity index (χ2v) is 19.0. The summed E-state index contributed by atoms with van der Waals surface area (Å²) in [5.74, 6) is 33.4. The minimum Gasteiger partial charge on any atom is -0.115 e. The van der Waals surface area contributed by atoms with Gasteiger partial charge in [0.1, 0.15) is 0 Å². The van der Waals surface area contributed by atoms with E-state index >= 15 is 0 Å². The Labute approximate surface area is 535 Å². The molecule has 79 heavy (non-hydrogen) atoms. The number of hydrogen-bond acceptors (Lipinski definition) is 0. The molecular formula is C69H51B5Br3I2. The van der Waals surface area contributed by atoms with Gasteiger partial charge in [-0.25, -0.2) is 0 Å². The fourth-order valence-electron chi connectivity index (χ4n) is 5.04. The van der Waals surface area contributed by atoms with Crippen LogP contribution in [0, 0.1) is 124 Å². The van der Waals surface area contributed by atoms with Crippen molar-refractivity contribution in [1.29, 1.82) is 0 Å². The maximum Gasteiger partial charge on any atom is 0.0267 e. The maximum absolute atomic E-state index is 5.21. The molecule has 0 nitrogen and oxygen atoms in total. The van der Waals surface area contributed by atoms with Gasteiger partial charge in [0.25, 0.3) is 0 Å². The molecule has 0 fully saturated rings. The highest BCUT2D eigenvalue weighted by Crippen LogP contribution is 2.16. The monoisotopic (exact) mass is 1430 g/mol. The van der Waals surface area contributed by atoms with Crippen molar-refractivity contribution >= 4 is 132 Å². The Morgan fingerprint density at radius 1 is 0.557 bits per heavy atom. The van der Waals surface area contributed by atoms with Crippen molar-refractivity contribution in [3.8, 4) is 110 Å². The number of terminal acetylenes is 6. The SMILES string of the molecule is Br.Brc1cccc(Br)c1.C#Cc1cc(C#C)cc(C#C)c1.C#Cc1cc(C#C)cc(C#C)c1.C=C/C(C#C/C=C/C(C#Cc1cccc(C)c1)=C\C(=C)C#CC(=C)/C=C\C=C\C)=C\C(=C)C.Ic1cccc(I)c1.[B][B].[B][B][B]. The van der Waals surface area contributed by atoms with Gasteiger partial charge in [-0.15, -0.1) is 55.5 Å². The molecule has 0 aromatic heterocycles. The number of allylic oxidation sites excluding steroid dienone is 14. The van der Waals surface area contributed by atoms with Gasteiger partial charge in [-0.1, -0.05) is 183 Å². The Morgan fingerprint density at radius 2 is 0.987 bits per heavy atom. The van der Waals surface area contributed by atoms with Gasteiger partial charge in [0.15, 0.2) is 0 Å². The van der Waals surface area contributed by atoms with Gasteiger partial charge >= 0.3 is 0 Å². The van der Waals surface area contributed by atoms with Crippen LogP contribution in [0.1, 0.15) is 58.4 Å². The first-order valence-corrected chi connectivity index (χ1v) is 26.3. The lowest BCUT2D eigenvalue weighted by atomic mass is 9.40. The van der Waals surface area contributed by atoms with Crippen LogP contribution in [0.2, 0.25) is 0 Å². The summed E-state index contributed by atoms with van der Waals surface area (Å²) in [7, 11) is 18.0. The molecule has 0 aliphatic carbocycles. The molecule has 0 aliphatic heterocycles. The lowest BCUT2D eigenvalue weighted by Gasteiger charge is -1.95. The molecule has 377 valence electrons. The van der Waals surface area contributed by atoms with Crippen LogP contribution in [0.3, 0.4) is 0 Å². The van der Waals surface area contributed by atoms with Gasteiger partial charge in [0, 0.05) is 115 Å². The van der Waals surface area contributed by atoms with E-state index in [4.69, 9.17) is 38.5 Å². The van der Waals surface area contributed by atoms with E-state index in [9.17, 15) is 0 Å². The van der Waals surface area contributed by atoms with E-state index in [1.807, 2.05) is 112 Å². The number of halogens is 5. The summed E-state index contributed by atoms with van der Waals surface area (Å²) < 4.78 is 4.81. The average molecular weight is 1430 g/mol. The van der Waals surface area contributed by atoms with Gasteiger partial charge in [-0.3, -0.25) is 0 Å². The number of aryl methyl sites for hydroxylation is 1. The highest BCUT2D eigenvalue weighted by molar-refractivity contribution is 14.1. The zero-order chi connectivity index (χ0) is 59.1. The lowest BCUT2D eigenvalue weighted by molar-refractivity contribution is 1.45. The number of benzene rings is 5. The van der Waals surface area contributed by atoms with Crippen molar-refractivity contribution in [3.63, 3.8) is 0 Å². The van der Waals surface area contributed by atoms with E-state index in [-0.39, 0.29) is 17.0 Å². The fraction of sp³-hybridized carbons (Fsp3) is 0.0435. The van der Waals surface area contributed by atoms with E-state index in [0.29, 0.717) is 11.1 Å². The standard InChI is InChI=1S/C33H30.2C12H6.C6H4Br2.C6H4I2.B3.B2.BrH/c1-8-10-11-15-28(5)20-21-30(7)26-32(22-23-33-19-14-16-29(6)25-33)18-13-12-17-31(9-2)24-27(3)4;2*1-4-10-7-11(5-2)9-12(6-3)8-10;2*7-5-2-1-3-6(8)4-5;1-3-2;1-2;/h8-11,13-16,18-19,24-26H,2-3,5,7H2,1,4,6H3;2*1-3,7-9H;2*1-4H;;;1H/b10-8+,15-11-,18-13+,31-24+,32-26+;;;;;;;. The molecule has 5 rings (SSSR count). The summed E-state index contributed by atoms with van der Waals surface area (Å²) in [4.78, 5) is 0. The van der Waals surface area contributed by atoms with E-state index in [1.165, 1.54) is 7.14 Å². The molecule has 0 saturated carbocycles. The minimum atomic E-state index is 0. The molecule has 0 amide bonds. The van der Waals surface area contributed by atoms with Crippen LogP contribution in [0.15, 0.2) is 227 Å². The smallest absolute Gasteiger partial charge is 0.0267 e. The zero-order valence-corrected chi connectivity index (χ0v) is 53.4. The summed E-state index contributed by atoms with van der Waals surface area (Å²) in [6.45, 7) is 21.5. The van der Waals surface area contributed by atoms with E-state index < -0.39 is 0 Å². The van der Waals surface area contributed by atoms with Crippen LogP contribution in [0.5, 0.6) is 0 Å². The first kappa shape index (κ1) is 76.3. The van der Waals surface area contributed by atoms with E-state index in [2.05, 4.69) is 230 Å². The Bertz CT molecular complexity index is 3140. The van der Waals surface area contributed by atoms with Crippen LogP contribution in [-0.4, -0.2) is 38.0 Å². The van der Waals surface area contributed by atoms with Crippen molar-refractivity contribution in [2.24, 2.45) is 0 Å². The fourth-order valence-corrected chi connectivity index (χ4v) is 7.83. The topological polar surface area (TPSA) is 0 Å². The second kappa shape index (κ2) is 49.3. The second-order valence-electron chi connectivity index (χ2n) is 14.7. The quantitative estimate of drug-likeness (QED) is 0.0688. The molecule has 0 bridgehead atoms. The average Bonchev–Trinajstić information content (AvgIpc) is 3.43. The summed E-state index contributed by atoms with van der Waals surface area (Å²) in [5.41, 5.74) is 10.3. The van der Waals surface area contributed by atoms with Gasteiger partial charge in [-0.2, -0.15) is 0 Å². The molecule has 0 saturated heterocycles. The largest absolute Gasteiger partial charge is 0.115 e. The third-order valence-electron chi connectivity index (χ3n) is 8.31. The van der Waals surface area contributed by atoms with Gasteiger partial charge in [-0.05, 0) is 187 Å². The third-order valence-corrected chi connectivity index (χ3v) is 10.6. The highest BCUT2D eigenvalue weighted by atomic mass is 127. The van der Waals surface area contributed by atoms with Crippen LogP contribution < -0.4 is 0 Å². The zero-order valence-electron chi connectivity index (χ0n) is 44.2. The molecule has 0 spiro atoms. The van der Waals surface area contributed by atoms with E-state index in [1.54, 1.807) is 48.6 Å². The maximum atomic E-state index is 5.21. The third kappa shape index (κ3) is 40.8. The lowest BCUT2D eigenvalue weighted by Crippen LogP contribution is -1.82. The molecular weight excluding hydrogens is 1380 g/mol. The van der Waals surface area contributed by atoms with Crippen LogP contribution >= 0.6 is 94.0 Å². The summed E-state index contributed by atoms with van der Waals surface area (Å²) in [5, 5.41) is 0. The molecule has 0 atom stereocenters. The summed E-state index contributed by atoms with van der Waals surface area (Å²) in [6, 6.07) is 34.9. The van der Waals surface area contributed by atoms with Crippen LogP contribution in [0.25, 0.3) is 0 Å². The van der Waals surface area contributed by atoms with Crippen molar-refractivity contribution in [2.45, 2.75) is 20.8 Å². The Balaban J connectivity index is -0.00000102. The normalized spacial score (nSPS) is 9.13. The van der Waals surface area contributed by atoms with Crippen LogP contribution in [-0.2, 0) is 0 Å². The van der Waals surface area contributed by atoms with Crippen LogP contribution in [0.4, 0.5) is 0 Å². The Hall–Kier alpha value is -6.98. The van der Waals surface area contributed by atoms with E-state index in [0.717, 1.165) is 77.2 Å². The van der Waals surface area contributed by atoms with Crippen molar-refractivity contribution in [3.05, 3.63) is 279 Å². The molecule has 9 radical (unpaired) electrons. The summed E-state index contributed by atoms with van der Waals surface area (Å²) in [6.07, 6.45) is 47.9. The molecule has 0 aliphatic rings. The predicted molar refractivity (Wildman–Crippen MR) is 379 cm³/mol. The Kier molecular flexibility index (Phi) is 47.6. The molecule has 0 unspecified atom stereocenters. The Morgan fingerprint density at radius 3 is 1.34 bits per heavy atom. The van der Waals surface area contributed by atoms with Gasteiger partial charge in [0.05, 0.1) is 0 Å². The molecule has 10 heteroatoms.